The molecule has 2 nitrogen and oxygen atoms in total. The van der Waals surface area contributed by atoms with Crippen LogP contribution in [0.15, 0.2) is 22.7 Å². The van der Waals surface area contributed by atoms with Crippen molar-refractivity contribution >= 4 is 15.9 Å². The smallest absolute Gasteiger partial charge is 0.316 e. The Labute approximate surface area is 113 Å². The summed E-state index contributed by atoms with van der Waals surface area (Å²) in [5, 5.41) is 6.23. The summed E-state index contributed by atoms with van der Waals surface area (Å²) in [6.07, 6.45) is -4.29. The van der Waals surface area contributed by atoms with Crippen LogP contribution in [0.3, 0.4) is 0 Å². The van der Waals surface area contributed by atoms with E-state index in [-0.39, 0.29) is 0 Å². The Morgan fingerprint density at radius 1 is 1.17 bits per heavy atom. The van der Waals surface area contributed by atoms with Crippen molar-refractivity contribution in [1.29, 1.82) is 0 Å². The van der Waals surface area contributed by atoms with Crippen molar-refractivity contribution in [2.75, 3.05) is 19.6 Å². The second-order valence-corrected chi connectivity index (χ2v) is 4.69. The lowest BCUT2D eigenvalue weighted by Crippen LogP contribution is -2.26. The lowest BCUT2D eigenvalue weighted by Gasteiger charge is -2.11. The van der Waals surface area contributed by atoms with Gasteiger partial charge in [0.25, 0.3) is 0 Å². The van der Waals surface area contributed by atoms with Gasteiger partial charge in [0.2, 0.25) is 0 Å². The fourth-order valence-corrected chi connectivity index (χ4v) is 1.85. The van der Waals surface area contributed by atoms with Crippen LogP contribution >= 0.6 is 15.9 Å². The van der Waals surface area contributed by atoms with Crippen molar-refractivity contribution in [2.24, 2.45) is 0 Å². The highest BCUT2D eigenvalue weighted by Gasteiger charge is 2.30. The Hall–Kier alpha value is -0.590. The van der Waals surface area contributed by atoms with E-state index in [4.69, 9.17) is 0 Å². The third kappa shape index (κ3) is 4.96. The molecule has 0 unspecified atom stereocenters. The molecular formula is C12H16BrF3N2. The third-order valence-electron chi connectivity index (χ3n) is 2.42. The molecule has 0 fully saturated rings. The summed E-state index contributed by atoms with van der Waals surface area (Å²) in [4.78, 5) is 0. The average Bonchev–Trinajstić information content (AvgIpc) is 2.29. The van der Waals surface area contributed by atoms with Gasteiger partial charge < -0.3 is 10.6 Å². The van der Waals surface area contributed by atoms with Crippen LogP contribution in [0.5, 0.6) is 0 Å². The number of hydrogen-bond donors (Lipinski definition) is 2. The minimum Gasteiger partial charge on any atom is -0.316 e. The summed E-state index contributed by atoms with van der Waals surface area (Å²) < 4.78 is 38.3. The van der Waals surface area contributed by atoms with Crippen LogP contribution in [-0.4, -0.2) is 19.6 Å². The lowest BCUT2D eigenvalue weighted by atomic mass is 10.1. The van der Waals surface area contributed by atoms with E-state index in [9.17, 15) is 13.2 Å². The molecule has 0 saturated heterocycles. The van der Waals surface area contributed by atoms with Crippen molar-refractivity contribution in [1.82, 2.24) is 10.6 Å². The van der Waals surface area contributed by atoms with E-state index in [1.54, 1.807) is 0 Å². The molecule has 0 aliphatic carbocycles. The molecule has 0 aliphatic rings. The van der Waals surface area contributed by atoms with Gasteiger partial charge in [0.05, 0.1) is 5.56 Å². The maximum Gasteiger partial charge on any atom is 0.416 e. The molecule has 0 amide bonds. The molecular weight excluding hydrogens is 309 g/mol. The van der Waals surface area contributed by atoms with Gasteiger partial charge in [0, 0.05) is 24.1 Å². The van der Waals surface area contributed by atoms with Crippen molar-refractivity contribution in [2.45, 2.75) is 19.6 Å². The van der Waals surface area contributed by atoms with Gasteiger partial charge >= 0.3 is 6.18 Å². The Morgan fingerprint density at radius 3 is 2.44 bits per heavy atom. The first-order valence-corrected chi connectivity index (χ1v) is 6.51. The van der Waals surface area contributed by atoms with Crippen LogP contribution in [0, 0.1) is 0 Å². The summed E-state index contributed by atoms with van der Waals surface area (Å²) in [7, 11) is 0. The van der Waals surface area contributed by atoms with E-state index in [0.29, 0.717) is 16.6 Å². The van der Waals surface area contributed by atoms with Crippen molar-refractivity contribution < 1.29 is 13.2 Å². The quantitative estimate of drug-likeness (QED) is 0.785. The first-order chi connectivity index (χ1) is 8.45. The van der Waals surface area contributed by atoms with Gasteiger partial charge in [0.1, 0.15) is 0 Å². The predicted octanol–water partition coefficient (Wildman–Crippen LogP) is 3.17. The summed E-state index contributed by atoms with van der Waals surface area (Å²) in [5.41, 5.74) is -0.00416. The first-order valence-electron chi connectivity index (χ1n) is 5.72. The van der Waals surface area contributed by atoms with Crippen molar-refractivity contribution in [3.05, 3.63) is 33.8 Å². The highest BCUT2D eigenvalue weighted by atomic mass is 79.9. The Kier molecular flexibility index (Phi) is 6.11. The van der Waals surface area contributed by atoms with Crippen LogP contribution in [0.4, 0.5) is 13.2 Å². The second kappa shape index (κ2) is 7.11. The second-order valence-electron chi connectivity index (χ2n) is 3.83. The zero-order chi connectivity index (χ0) is 13.6. The summed E-state index contributed by atoms with van der Waals surface area (Å²) >= 11 is 3.26. The number of nitrogens with one attached hydrogen (secondary N) is 2. The molecule has 2 N–H and O–H groups in total. The van der Waals surface area contributed by atoms with Crippen LogP contribution in [-0.2, 0) is 12.7 Å². The molecule has 0 heterocycles. The Bertz CT molecular complexity index is 380. The van der Waals surface area contributed by atoms with Gasteiger partial charge in [-0.2, -0.15) is 13.2 Å². The zero-order valence-corrected chi connectivity index (χ0v) is 11.7. The molecule has 0 atom stereocenters. The van der Waals surface area contributed by atoms with E-state index >= 15 is 0 Å². The van der Waals surface area contributed by atoms with E-state index < -0.39 is 11.7 Å². The molecule has 1 rings (SSSR count). The van der Waals surface area contributed by atoms with Crippen LogP contribution in [0.1, 0.15) is 18.1 Å². The number of likely N-dealkylation sites (N-methyl/N-ethyl adjacent to an activating group) is 1. The molecule has 0 aromatic heterocycles. The van der Waals surface area contributed by atoms with Gasteiger partial charge in [-0.15, -0.1) is 0 Å². The van der Waals surface area contributed by atoms with E-state index in [1.165, 1.54) is 12.1 Å². The molecule has 1 aromatic rings. The normalized spacial score (nSPS) is 11.8. The maximum absolute atomic E-state index is 12.5. The largest absolute Gasteiger partial charge is 0.416 e. The monoisotopic (exact) mass is 324 g/mol. The van der Waals surface area contributed by atoms with E-state index in [2.05, 4.69) is 26.6 Å². The molecule has 0 bridgehead atoms. The minimum absolute atomic E-state index is 0.413. The number of benzene rings is 1. The molecule has 0 saturated carbocycles. The summed E-state index contributed by atoms with van der Waals surface area (Å²) in [6, 6.07) is 3.68. The third-order valence-corrected chi connectivity index (χ3v) is 3.19. The van der Waals surface area contributed by atoms with Gasteiger partial charge in [-0.3, -0.25) is 0 Å². The first kappa shape index (κ1) is 15.5. The number of halogens is 4. The summed E-state index contributed by atoms with van der Waals surface area (Å²) in [5.74, 6) is 0. The Balaban J connectivity index is 2.59. The molecule has 1 aromatic carbocycles. The molecule has 18 heavy (non-hydrogen) atoms. The molecule has 0 radical (unpaired) electrons. The predicted molar refractivity (Wildman–Crippen MR) is 69.4 cm³/mol. The molecule has 6 heteroatoms. The SMILES string of the molecule is CCNCCNCc1cc(C(F)(F)F)ccc1Br. The van der Waals surface area contributed by atoms with Gasteiger partial charge in [0.15, 0.2) is 0 Å². The maximum atomic E-state index is 12.5. The fourth-order valence-electron chi connectivity index (χ4n) is 1.46. The zero-order valence-electron chi connectivity index (χ0n) is 10.1. The van der Waals surface area contributed by atoms with E-state index in [0.717, 1.165) is 25.7 Å². The average molecular weight is 325 g/mol. The molecule has 102 valence electrons. The topological polar surface area (TPSA) is 24.1 Å². The van der Waals surface area contributed by atoms with Crippen LogP contribution < -0.4 is 10.6 Å². The Morgan fingerprint density at radius 2 is 1.83 bits per heavy atom. The molecule has 0 aliphatic heterocycles. The van der Waals surface area contributed by atoms with Gasteiger partial charge in [-0.25, -0.2) is 0 Å². The highest BCUT2D eigenvalue weighted by molar-refractivity contribution is 9.10. The van der Waals surface area contributed by atoms with Crippen LogP contribution in [0.2, 0.25) is 0 Å². The van der Waals surface area contributed by atoms with Crippen LogP contribution in [0.25, 0.3) is 0 Å². The minimum atomic E-state index is -4.29. The van der Waals surface area contributed by atoms with Crippen molar-refractivity contribution in [3.8, 4) is 0 Å². The molecule has 0 spiro atoms. The van der Waals surface area contributed by atoms with Gasteiger partial charge in [-0.1, -0.05) is 22.9 Å². The number of hydrogen-bond acceptors (Lipinski definition) is 2. The fraction of sp³-hybridized carbons (Fsp3) is 0.500. The van der Waals surface area contributed by atoms with E-state index in [1.807, 2.05) is 6.92 Å². The van der Waals surface area contributed by atoms with Gasteiger partial charge in [-0.05, 0) is 30.3 Å². The standard InChI is InChI=1S/C12H16BrF3N2/c1-2-17-5-6-18-8-9-7-10(12(14,15)16)3-4-11(9)13/h3-4,7,17-18H,2,5-6,8H2,1H3. The lowest BCUT2D eigenvalue weighted by molar-refractivity contribution is -0.137. The van der Waals surface area contributed by atoms with Crippen molar-refractivity contribution in [3.63, 3.8) is 0 Å². The highest BCUT2D eigenvalue weighted by Crippen LogP contribution is 2.31. The summed E-state index contributed by atoms with van der Waals surface area (Å²) in [6.45, 7) is 4.82. The number of rotatable bonds is 6. The number of alkyl halides is 3.